The molecule has 50 valence electrons. The first-order chi connectivity index (χ1) is 3.56. The quantitative estimate of drug-likeness (QED) is 0.509. The summed E-state index contributed by atoms with van der Waals surface area (Å²) < 4.78 is 0. The normalized spacial score (nSPS) is 11.9. The first kappa shape index (κ1) is 8.53. The molecule has 3 nitrogen and oxygen atoms in total. The lowest BCUT2D eigenvalue weighted by molar-refractivity contribution is 0.461. The van der Waals surface area contributed by atoms with Gasteiger partial charge in [0.25, 0.3) is 6.64 Å². The Kier molecular flexibility index (Phi) is 3.77. The molecule has 0 aliphatic rings. The first-order valence-corrected chi connectivity index (χ1v) is 5.07. The molecule has 8 heavy (non-hydrogen) atoms. The average molecular weight is 155 g/mol. The van der Waals surface area contributed by atoms with Crippen LogP contribution in [0.25, 0.3) is 0 Å². The van der Waals surface area contributed by atoms with Gasteiger partial charge in [-0.25, -0.2) is 5.09 Å². The van der Waals surface area contributed by atoms with Crippen molar-refractivity contribution < 1.29 is 9.79 Å². The van der Waals surface area contributed by atoms with Crippen molar-refractivity contribution in [2.24, 2.45) is 0 Å². The molecule has 0 aliphatic heterocycles. The Bertz CT molecular complexity index is 101. The first-order valence-electron chi connectivity index (χ1n) is 2.37. The van der Waals surface area contributed by atoms with E-state index in [4.69, 9.17) is 9.79 Å². The third-order valence-corrected chi connectivity index (χ3v) is 1.59. The molecule has 0 aliphatic carbocycles. The second kappa shape index (κ2) is 3.54. The Morgan fingerprint density at radius 1 is 1.62 bits per heavy atom. The van der Waals surface area contributed by atoms with Gasteiger partial charge in [-0.15, -0.1) is 0 Å². The Balaban J connectivity index is 3.26. The minimum absolute atomic E-state index is 0.574. The molecular formula is C3H10NO2PS. The Hall–Kier alpha value is 0.530. The van der Waals surface area contributed by atoms with Crippen LogP contribution in [0.4, 0.5) is 0 Å². The highest BCUT2D eigenvalue weighted by Crippen LogP contribution is 2.27. The predicted molar refractivity (Wildman–Crippen MR) is 37.0 cm³/mol. The van der Waals surface area contributed by atoms with E-state index >= 15 is 0 Å². The number of hydrogen-bond donors (Lipinski definition) is 3. The number of hydrogen-bond acceptors (Lipinski definition) is 1. The van der Waals surface area contributed by atoms with E-state index in [2.05, 4.69) is 16.9 Å². The largest absolute Gasteiger partial charge is 0.334 e. The van der Waals surface area contributed by atoms with Crippen LogP contribution in [0.5, 0.6) is 0 Å². The third kappa shape index (κ3) is 6.53. The predicted octanol–water partition coefficient (Wildman–Crippen LogP) is 0.195. The summed E-state index contributed by atoms with van der Waals surface area (Å²) in [6.45, 7) is -0.597. The molecular weight excluding hydrogens is 145 g/mol. The van der Waals surface area contributed by atoms with Crippen molar-refractivity contribution in [3.63, 3.8) is 0 Å². The summed E-state index contributed by atoms with van der Waals surface area (Å²) in [5.41, 5.74) is 0. The Morgan fingerprint density at radius 2 is 2.12 bits per heavy atom. The van der Waals surface area contributed by atoms with E-state index in [-0.39, 0.29) is 0 Å². The highest BCUT2D eigenvalue weighted by atomic mass is 32.5. The molecule has 0 atom stereocenters. The molecule has 0 radical (unpaired) electrons. The SMILES string of the molecule is CCCNP(O)(O)=S. The maximum Gasteiger partial charge on any atom is 0.255 e. The minimum atomic E-state index is -3.10. The zero-order valence-corrected chi connectivity index (χ0v) is 6.38. The van der Waals surface area contributed by atoms with E-state index in [0.29, 0.717) is 6.54 Å². The summed E-state index contributed by atoms with van der Waals surface area (Å²) in [5.74, 6) is 0. The van der Waals surface area contributed by atoms with Gasteiger partial charge in [0.05, 0.1) is 0 Å². The molecule has 0 saturated carbocycles. The summed E-state index contributed by atoms with van der Waals surface area (Å²) in [6, 6.07) is 0. The fourth-order valence-electron chi connectivity index (χ4n) is 0.257. The van der Waals surface area contributed by atoms with Crippen molar-refractivity contribution in [2.75, 3.05) is 6.54 Å². The summed E-state index contributed by atoms with van der Waals surface area (Å²) in [6.07, 6.45) is 0.861. The fraction of sp³-hybridized carbons (Fsp3) is 1.00. The topological polar surface area (TPSA) is 52.5 Å². The summed E-state index contributed by atoms with van der Waals surface area (Å²) >= 11 is 4.26. The van der Waals surface area contributed by atoms with E-state index in [1.165, 1.54) is 0 Å². The molecule has 0 unspecified atom stereocenters. The standard InChI is InChI=1S/C3H10NO2PS/c1-2-3-4-7(5,6)8/h2-3H2,1H3,(H3,4,5,6,8). The Morgan fingerprint density at radius 3 is 2.25 bits per heavy atom. The molecule has 0 heterocycles. The molecule has 0 aromatic rings. The van der Waals surface area contributed by atoms with Crippen LogP contribution in [0.1, 0.15) is 13.3 Å². The molecule has 5 heteroatoms. The van der Waals surface area contributed by atoms with E-state index in [0.717, 1.165) is 6.42 Å². The molecule has 0 amide bonds. The summed E-state index contributed by atoms with van der Waals surface area (Å²) in [7, 11) is 0. The van der Waals surface area contributed by atoms with Gasteiger partial charge in [0.2, 0.25) is 0 Å². The van der Waals surface area contributed by atoms with Gasteiger partial charge in [-0.1, -0.05) is 6.92 Å². The van der Waals surface area contributed by atoms with Gasteiger partial charge < -0.3 is 9.79 Å². The molecule has 3 N–H and O–H groups in total. The molecule has 0 aromatic carbocycles. The fourth-order valence-corrected chi connectivity index (χ4v) is 1.05. The van der Waals surface area contributed by atoms with Crippen LogP contribution in [0, 0.1) is 0 Å². The van der Waals surface area contributed by atoms with Gasteiger partial charge in [0.15, 0.2) is 0 Å². The molecule has 0 saturated heterocycles. The zero-order chi connectivity index (χ0) is 6.62. The zero-order valence-electron chi connectivity index (χ0n) is 4.66. The van der Waals surface area contributed by atoms with Crippen LogP contribution in [0.15, 0.2) is 0 Å². The Labute approximate surface area is 54.0 Å². The van der Waals surface area contributed by atoms with Crippen LogP contribution in [0.2, 0.25) is 0 Å². The maximum absolute atomic E-state index is 8.52. The lowest BCUT2D eigenvalue weighted by Gasteiger charge is -2.06. The maximum atomic E-state index is 8.52. The van der Waals surface area contributed by atoms with Gasteiger partial charge in [0, 0.05) is 6.54 Å². The van der Waals surface area contributed by atoms with Gasteiger partial charge in [-0.05, 0) is 18.2 Å². The van der Waals surface area contributed by atoms with Crippen LogP contribution >= 0.6 is 6.64 Å². The van der Waals surface area contributed by atoms with E-state index < -0.39 is 6.64 Å². The molecule has 0 rings (SSSR count). The van der Waals surface area contributed by atoms with Crippen LogP contribution in [0.3, 0.4) is 0 Å². The van der Waals surface area contributed by atoms with Gasteiger partial charge in [-0.3, -0.25) is 0 Å². The number of rotatable bonds is 3. The van der Waals surface area contributed by atoms with Crippen molar-refractivity contribution in [3.05, 3.63) is 0 Å². The van der Waals surface area contributed by atoms with Crippen molar-refractivity contribution in [1.82, 2.24) is 5.09 Å². The van der Waals surface area contributed by atoms with E-state index in [1.807, 2.05) is 6.92 Å². The average Bonchev–Trinajstić information content (AvgIpc) is 1.59. The van der Waals surface area contributed by atoms with Crippen molar-refractivity contribution in [2.45, 2.75) is 13.3 Å². The second-order valence-electron chi connectivity index (χ2n) is 1.45. The van der Waals surface area contributed by atoms with Crippen molar-refractivity contribution >= 4 is 18.4 Å². The van der Waals surface area contributed by atoms with Crippen LogP contribution in [-0.4, -0.2) is 16.3 Å². The monoisotopic (exact) mass is 155 g/mol. The minimum Gasteiger partial charge on any atom is -0.334 e. The van der Waals surface area contributed by atoms with Crippen LogP contribution in [-0.2, 0) is 11.8 Å². The van der Waals surface area contributed by atoms with Crippen LogP contribution < -0.4 is 5.09 Å². The smallest absolute Gasteiger partial charge is 0.255 e. The molecule has 0 bridgehead atoms. The summed E-state index contributed by atoms with van der Waals surface area (Å²) in [5, 5.41) is 2.41. The molecule has 0 spiro atoms. The molecule has 0 aromatic heterocycles. The third-order valence-electron chi connectivity index (χ3n) is 0.568. The molecule has 0 fully saturated rings. The lowest BCUT2D eigenvalue weighted by Crippen LogP contribution is -2.09. The van der Waals surface area contributed by atoms with E-state index in [9.17, 15) is 0 Å². The highest BCUT2D eigenvalue weighted by molar-refractivity contribution is 8.08. The van der Waals surface area contributed by atoms with Crippen molar-refractivity contribution in [1.29, 1.82) is 0 Å². The number of nitrogens with one attached hydrogen (secondary N) is 1. The van der Waals surface area contributed by atoms with Gasteiger partial charge in [-0.2, -0.15) is 0 Å². The second-order valence-corrected chi connectivity index (χ2v) is 4.38. The van der Waals surface area contributed by atoms with Crippen molar-refractivity contribution in [3.8, 4) is 0 Å². The van der Waals surface area contributed by atoms with Gasteiger partial charge in [0.1, 0.15) is 0 Å². The van der Waals surface area contributed by atoms with Gasteiger partial charge >= 0.3 is 0 Å². The summed E-state index contributed by atoms with van der Waals surface area (Å²) in [4.78, 5) is 17.0. The highest BCUT2D eigenvalue weighted by Gasteiger charge is 2.01. The van der Waals surface area contributed by atoms with E-state index in [1.54, 1.807) is 0 Å². The lowest BCUT2D eigenvalue weighted by atomic mass is 10.5.